The number of rotatable bonds is 5. The van der Waals surface area contributed by atoms with Crippen molar-refractivity contribution in [1.29, 1.82) is 0 Å². The number of carbonyl (C=O) groups excluding carboxylic acids is 1. The summed E-state index contributed by atoms with van der Waals surface area (Å²) in [6.45, 7) is 0.421. The second kappa shape index (κ2) is 8.19. The second-order valence-electron chi connectivity index (χ2n) is 4.74. The molecule has 120 valence electrons. The van der Waals surface area contributed by atoms with E-state index in [9.17, 15) is 9.18 Å². The average molecular weight is 335 g/mol. The monoisotopic (exact) mass is 334 g/mol. The van der Waals surface area contributed by atoms with Crippen LogP contribution in [0.15, 0.2) is 48.5 Å². The van der Waals surface area contributed by atoms with Crippen LogP contribution < -0.4 is 11.1 Å². The highest BCUT2D eigenvalue weighted by Crippen LogP contribution is 2.25. The molecular weight excluding hydrogens is 319 g/mol. The highest BCUT2D eigenvalue weighted by Gasteiger charge is 2.04. The van der Waals surface area contributed by atoms with E-state index >= 15 is 0 Å². The molecule has 23 heavy (non-hydrogen) atoms. The predicted molar refractivity (Wildman–Crippen MR) is 89.5 cm³/mol. The Morgan fingerprint density at radius 3 is 2.78 bits per heavy atom. The minimum absolute atomic E-state index is 0.153. The topological polar surface area (TPSA) is 64.3 Å². The molecule has 3 N–H and O–H groups in total. The number of benzene rings is 2. The molecule has 0 aliphatic rings. The molecule has 0 aromatic heterocycles. The molecule has 0 spiro atoms. The van der Waals surface area contributed by atoms with Crippen LogP contribution in [0.4, 0.5) is 14.9 Å². The van der Waals surface area contributed by atoms with Crippen molar-refractivity contribution < 1.29 is 13.9 Å². The van der Waals surface area contributed by atoms with Gasteiger partial charge >= 0.3 is 6.09 Å². The van der Waals surface area contributed by atoms with Gasteiger partial charge in [-0.1, -0.05) is 54.1 Å². The molecule has 0 bridgehead atoms. The summed E-state index contributed by atoms with van der Waals surface area (Å²) in [5.74, 6) is -0.473. The molecule has 0 saturated carbocycles. The van der Waals surface area contributed by atoms with Crippen molar-refractivity contribution in [3.05, 3.63) is 70.5 Å². The van der Waals surface area contributed by atoms with E-state index in [4.69, 9.17) is 22.1 Å². The van der Waals surface area contributed by atoms with Gasteiger partial charge in [0.05, 0.1) is 10.7 Å². The van der Waals surface area contributed by atoms with Crippen LogP contribution in [0.25, 0.3) is 6.08 Å². The molecule has 4 nitrogen and oxygen atoms in total. The van der Waals surface area contributed by atoms with Gasteiger partial charge in [-0.2, -0.15) is 0 Å². The first-order valence-electron chi connectivity index (χ1n) is 6.92. The molecule has 0 saturated heterocycles. The lowest BCUT2D eigenvalue weighted by atomic mass is 10.1. The Kier molecular flexibility index (Phi) is 6.00. The number of alkyl carbamates (subject to hydrolysis) is 1. The lowest BCUT2D eigenvalue weighted by molar-refractivity contribution is 0.141. The first-order valence-corrected chi connectivity index (χ1v) is 7.29. The molecule has 0 unspecified atom stereocenters. The molecule has 0 heterocycles. The van der Waals surface area contributed by atoms with Crippen LogP contribution in [0.1, 0.15) is 11.1 Å². The molecule has 0 radical (unpaired) electrons. The second-order valence-corrected chi connectivity index (χ2v) is 5.14. The summed E-state index contributed by atoms with van der Waals surface area (Å²) >= 11 is 5.79. The van der Waals surface area contributed by atoms with Gasteiger partial charge < -0.3 is 15.8 Å². The number of ether oxygens (including phenoxy) is 1. The van der Waals surface area contributed by atoms with Crippen LogP contribution in [0.2, 0.25) is 5.02 Å². The van der Waals surface area contributed by atoms with E-state index in [-0.39, 0.29) is 23.9 Å². The maximum atomic E-state index is 13.2. The number of hydrogen-bond donors (Lipinski definition) is 2. The summed E-state index contributed by atoms with van der Waals surface area (Å²) in [5.41, 5.74) is 7.39. The summed E-state index contributed by atoms with van der Waals surface area (Å²) in [6.07, 6.45) is 2.68. The van der Waals surface area contributed by atoms with Crippen LogP contribution in [0.5, 0.6) is 0 Å². The smallest absolute Gasteiger partial charge is 0.407 e. The maximum absolute atomic E-state index is 13.2. The van der Waals surface area contributed by atoms with Crippen LogP contribution in [-0.2, 0) is 11.3 Å². The van der Waals surface area contributed by atoms with Crippen molar-refractivity contribution in [2.24, 2.45) is 0 Å². The zero-order chi connectivity index (χ0) is 16.7. The highest BCUT2D eigenvalue weighted by atomic mass is 35.5. The minimum atomic E-state index is -0.538. The first kappa shape index (κ1) is 16.8. The van der Waals surface area contributed by atoms with Gasteiger partial charge in [-0.15, -0.1) is 0 Å². The predicted octanol–water partition coefficient (Wildman–Crippen LogP) is 4.00. The van der Waals surface area contributed by atoms with E-state index in [1.54, 1.807) is 12.2 Å². The zero-order valence-corrected chi connectivity index (χ0v) is 13.0. The normalized spacial score (nSPS) is 10.7. The molecule has 0 atom stereocenters. The molecule has 0 fully saturated rings. The fraction of sp³-hybridized carbons (Fsp3) is 0.118. The van der Waals surface area contributed by atoms with Crippen LogP contribution in [-0.4, -0.2) is 12.6 Å². The molecule has 0 aliphatic heterocycles. The van der Waals surface area contributed by atoms with E-state index in [2.05, 4.69) is 5.32 Å². The summed E-state index contributed by atoms with van der Waals surface area (Å²) in [6, 6.07) is 11.8. The number of nitrogen functional groups attached to an aromatic ring is 1. The average Bonchev–Trinajstić information content (AvgIpc) is 2.54. The molecule has 2 aromatic carbocycles. The van der Waals surface area contributed by atoms with E-state index in [1.807, 2.05) is 30.3 Å². The lowest BCUT2D eigenvalue weighted by Crippen LogP contribution is -2.24. The summed E-state index contributed by atoms with van der Waals surface area (Å²) in [4.78, 5) is 11.5. The van der Waals surface area contributed by atoms with Gasteiger partial charge in [-0.3, -0.25) is 0 Å². The largest absolute Gasteiger partial charge is 0.445 e. The van der Waals surface area contributed by atoms with Gasteiger partial charge in [0, 0.05) is 12.1 Å². The summed E-state index contributed by atoms with van der Waals surface area (Å²) < 4.78 is 18.3. The number of halogens is 2. The summed E-state index contributed by atoms with van der Waals surface area (Å²) in [5, 5.41) is 2.71. The third-order valence-electron chi connectivity index (χ3n) is 3.00. The SMILES string of the molecule is Nc1c(Cl)cc(F)cc1C=CCNC(=O)OCc1ccccc1. The first-order chi connectivity index (χ1) is 11.1. The lowest BCUT2D eigenvalue weighted by Gasteiger charge is -2.06. The van der Waals surface area contributed by atoms with Crippen molar-refractivity contribution >= 4 is 29.5 Å². The zero-order valence-electron chi connectivity index (χ0n) is 12.3. The van der Waals surface area contributed by atoms with Gasteiger partial charge in [-0.05, 0) is 17.7 Å². The van der Waals surface area contributed by atoms with Gasteiger partial charge in [0.15, 0.2) is 0 Å². The maximum Gasteiger partial charge on any atom is 0.407 e. The highest BCUT2D eigenvalue weighted by molar-refractivity contribution is 6.33. The van der Waals surface area contributed by atoms with Crippen LogP contribution >= 0.6 is 11.6 Å². The third-order valence-corrected chi connectivity index (χ3v) is 3.31. The van der Waals surface area contributed by atoms with E-state index < -0.39 is 11.9 Å². The van der Waals surface area contributed by atoms with Crippen molar-refractivity contribution in [1.82, 2.24) is 5.32 Å². The van der Waals surface area contributed by atoms with Gasteiger partial charge in [-0.25, -0.2) is 9.18 Å². The van der Waals surface area contributed by atoms with Crippen LogP contribution in [0, 0.1) is 5.82 Å². The van der Waals surface area contributed by atoms with Crippen molar-refractivity contribution in [2.45, 2.75) is 6.61 Å². The van der Waals surface area contributed by atoms with Crippen molar-refractivity contribution in [3.8, 4) is 0 Å². The Labute approximate surface area is 138 Å². The molecule has 1 amide bonds. The Morgan fingerprint density at radius 2 is 2.04 bits per heavy atom. The van der Waals surface area contributed by atoms with E-state index in [0.29, 0.717) is 5.56 Å². The van der Waals surface area contributed by atoms with Crippen molar-refractivity contribution in [2.75, 3.05) is 12.3 Å². The Balaban J connectivity index is 1.79. The number of nitrogens with two attached hydrogens (primary N) is 1. The number of amides is 1. The molecule has 0 aliphatic carbocycles. The van der Waals surface area contributed by atoms with Crippen LogP contribution in [0.3, 0.4) is 0 Å². The molecule has 6 heteroatoms. The Bertz CT molecular complexity index is 705. The van der Waals surface area contributed by atoms with Gasteiger partial charge in [0.25, 0.3) is 0 Å². The third kappa shape index (κ3) is 5.30. The Morgan fingerprint density at radius 1 is 1.30 bits per heavy atom. The minimum Gasteiger partial charge on any atom is -0.445 e. The van der Waals surface area contributed by atoms with Gasteiger partial charge in [0.1, 0.15) is 12.4 Å². The van der Waals surface area contributed by atoms with E-state index in [1.165, 1.54) is 6.07 Å². The summed E-state index contributed by atoms with van der Waals surface area (Å²) in [7, 11) is 0. The molecular formula is C17H16ClFN2O2. The standard InChI is InChI=1S/C17H16ClFN2O2/c18-15-10-14(19)9-13(16(15)20)7-4-8-21-17(22)23-11-12-5-2-1-3-6-12/h1-7,9-10H,8,11,20H2,(H,21,22). The fourth-order valence-electron chi connectivity index (χ4n) is 1.84. The van der Waals surface area contributed by atoms with E-state index in [0.717, 1.165) is 11.6 Å². The number of hydrogen-bond acceptors (Lipinski definition) is 3. The van der Waals surface area contributed by atoms with Gasteiger partial charge in [0.2, 0.25) is 0 Å². The Hall–Kier alpha value is -2.53. The number of carbonyl (C=O) groups is 1. The number of anilines is 1. The molecule has 2 aromatic rings. The number of nitrogens with one attached hydrogen (secondary N) is 1. The molecule has 2 rings (SSSR count). The fourth-order valence-corrected chi connectivity index (χ4v) is 2.06. The quantitative estimate of drug-likeness (QED) is 0.812. The van der Waals surface area contributed by atoms with Crippen molar-refractivity contribution in [3.63, 3.8) is 0 Å².